The molecule has 3 rings (SSSR count). The van der Waals surface area contributed by atoms with Gasteiger partial charge in [-0.15, -0.1) is 0 Å². The van der Waals surface area contributed by atoms with Crippen LogP contribution in [0.3, 0.4) is 0 Å². The lowest BCUT2D eigenvalue weighted by molar-refractivity contribution is -0.114. The van der Waals surface area contributed by atoms with Crippen molar-refractivity contribution < 1.29 is 4.79 Å². The van der Waals surface area contributed by atoms with Gasteiger partial charge in [0.05, 0.1) is 5.69 Å². The summed E-state index contributed by atoms with van der Waals surface area (Å²) in [6.07, 6.45) is 1.80. The second-order valence-electron chi connectivity index (χ2n) is 5.05. The second kappa shape index (κ2) is 6.22. The Kier molecular flexibility index (Phi) is 3.97. The van der Waals surface area contributed by atoms with Crippen LogP contribution in [0.5, 0.6) is 0 Å². The zero-order valence-corrected chi connectivity index (χ0v) is 12.3. The molecule has 1 amide bonds. The lowest BCUT2D eigenvalue weighted by Crippen LogP contribution is -2.05. The Balaban J connectivity index is 1.82. The van der Waals surface area contributed by atoms with Crippen LogP contribution in [0.15, 0.2) is 72.9 Å². The highest BCUT2D eigenvalue weighted by atomic mass is 16.1. The highest BCUT2D eigenvalue weighted by Crippen LogP contribution is 2.24. The molecule has 3 heteroatoms. The molecule has 1 heterocycles. The molecule has 0 spiro atoms. The quantitative estimate of drug-likeness (QED) is 0.777. The molecular weight excluding hydrogens is 272 g/mol. The molecule has 108 valence electrons. The maximum atomic E-state index is 11.0. The first-order chi connectivity index (χ1) is 10.7. The van der Waals surface area contributed by atoms with E-state index in [1.54, 1.807) is 6.20 Å². The third-order valence-corrected chi connectivity index (χ3v) is 3.38. The number of nitrogens with one attached hydrogen (secondary N) is 1. The molecule has 0 unspecified atom stereocenters. The number of carbonyl (C=O) groups is 1. The highest BCUT2D eigenvalue weighted by Gasteiger charge is 2.01. The van der Waals surface area contributed by atoms with Gasteiger partial charge in [-0.05, 0) is 35.4 Å². The molecule has 0 saturated carbocycles. The fourth-order valence-electron chi connectivity index (χ4n) is 2.32. The topological polar surface area (TPSA) is 42.0 Å². The van der Waals surface area contributed by atoms with Crippen LogP contribution in [0.4, 0.5) is 5.69 Å². The molecule has 0 fully saturated rings. The molecule has 0 radical (unpaired) electrons. The molecule has 0 bridgehead atoms. The van der Waals surface area contributed by atoms with Crippen LogP contribution in [0.25, 0.3) is 22.4 Å². The lowest BCUT2D eigenvalue weighted by atomic mass is 10.0. The predicted molar refractivity (Wildman–Crippen MR) is 89.4 cm³/mol. The van der Waals surface area contributed by atoms with E-state index >= 15 is 0 Å². The number of pyridine rings is 1. The Morgan fingerprint density at radius 3 is 1.95 bits per heavy atom. The maximum Gasteiger partial charge on any atom is 0.221 e. The average molecular weight is 288 g/mol. The molecule has 0 aliphatic rings. The molecule has 22 heavy (non-hydrogen) atoms. The number of benzene rings is 2. The third-order valence-electron chi connectivity index (χ3n) is 3.38. The number of carbonyl (C=O) groups excluding carboxylic acids is 1. The van der Waals surface area contributed by atoms with Gasteiger partial charge in [0.15, 0.2) is 0 Å². The molecule has 1 aromatic heterocycles. The Labute approximate surface area is 129 Å². The fraction of sp³-hybridized carbons (Fsp3) is 0.0526. The molecule has 0 aliphatic heterocycles. The SMILES string of the molecule is CC(=O)Nc1ccc(-c2ccc(-c3ccccn3)cc2)cc1. The minimum atomic E-state index is -0.0625. The predicted octanol–water partition coefficient (Wildman–Crippen LogP) is 4.37. The van der Waals surface area contributed by atoms with E-state index in [2.05, 4.69) is 34.6 Å². The summed E-state index contributed by atoms with van der Waals surface area (Å²) in [5.74, 6) is -0.0625. The number of hydrogen-bond donors (Lipinski definition) is 1. The third kappa shape index (κ3) is 3.20. The standard InChI is InChI=1S/C19H16N2O/c1-14(22)21-18-11-9-16(10-12-18)15-5-7-17(8-6-15)19-4-2-3-13-20-19/h2-13H,1H3,(H,21,22). The average Bonchev–Trinajstić information content (AvgIpc) is 2.56. The summed E-state index contributed by atoms with van der Waals surface area (Å²) in [5, 5.41) is 2.77. The zero-order chi connectivity index (χ0) is 15.4. The summed E-state index contributed by atoms with van der Waals surface area (Å²) in [5.41, 5.74) is 5.12. The second-order valence-corrected chi connectivity index (χ2v) is 5.05. The summed E-state index contributed by atoms with van der Waals surface area (Å²) in [7, 11) is 0. The Hall–Kier alpha value is -2.94. The van der Waals surface area contributed by atoms with E-state index in [-0.39, 0.29) is 5.91 Å². The Bertz CT molecular complexity index is 763. The monoisotopic (exact) mass is 288 g/mol. The summed E-state index contributed by atoms with van der Waals surface area (Å²) in [6, 6.07) is 22.0. The van der Waals surface area contributed by atoms with Crippen molar-refractivity contribution in [2.24, 2.45) is 0 Å². The van der Waals surface area contributed by atoms with Crippen molar-refractivity contribution in [2.75, 3.05) is 5.32 Å². The van der Waals surface area contributed by atoms with E-state index in [4.69, 9.17) is 0 Å². The van der Waals surface area contributed by atoms with Crippen molar-refractivity contribution >= 4 is 11.6 Å². The van der Waals surface area contributed by atoms with Gasteiger partial charge in [0.2, 0.25) is 5.91 Å². The minimum absolute atomic E-state index is 0.0625. The van der Waals surface area contributed by atoms with Crippen LogP contribution in [0.1, 0.15) is 6.92 Å². The van der Waals surface area contributed by atoms with E-state index in [9.17, 15) is 4.79 Å². The number of aromatic nitrogens is 1. The van der Waals surface area contributed by atoms with Crippen molar-refractivity contribution in [2.45, 2.75) is 6.92 Å². The van der Waals surface area contributed by atoms with E-state index in [0.29, 0.717) is 0 Å². The van der Waals surface area contributed by atoms with Gasteiger partial charge >= 0.3 is 0 Å². The zero-order valence-electron chi connectivity index (χ0n) is 12.3. The van der Waals surface area contributed by atoms with Gasteiger partial charge in [0.25, 0.3) is 0 Å². The van der Waals surface area contributed by atoms with Crippen LogP contribution < -0.4 is 5.32 Å². The Morgan fingerprint density at radius 1 is 0.818 bits per heavy atom. The lowest BCUT2D eigenvalue weighted by Gasteiger charge is -2.06. The fourth-order valence-corrected chi connectivity index (χ4v) is 2.32. The van der Waals surface area contributed by atoms with Crippen LogP contribution in [0.2, 0.25) is 0 Å². The van der Waals surface area contributed by atoms with E-state index in [1.165, 1.54) is 6.92 Å². The van der Waals surface area contributed by atoms with Crippen LogP contribution >= 0.6 is 0 Å². The number of anilines is 1. The Morgan fingerprint density at radius 2 is 1.41 bits per heavy atom. The summed E-state index contributed by atoms with van der Waals surface area (Å²) in [4.78, 5) is 15.4. The molecular formula is C19H16N2O. The number of amides is 1. The van der Waals surface area contributed by atoms with Gasteiger partial charge in [-0.3, -0.25) is 9.78 Å². The van der Waals surface area contributed by atoms with Crippen LogP contribution in [-0.2, 0) is 4.79 Å². The molecule has 2 aromatic carbocycles. The molecule has 3 nitrogen and oxygen atoms in total. The highest BCUT2D eigenvalue weighted by molar-refractivity contribution is 5.89. The summed E-state index contributed by atoms with van der Waals surface area (Å²) in [6.45, 7) is 1.50. The summed E-state index contributed by atoms with van der Waals surface area (Å²) >= 11 is 0. The molecule has 0 atom stereocenters. The van der Waals surface area contributed by atoms with Crippen LogP contribution in [0, 0.1) is 0 Å². The first-order valence-corrected chi connectivity index (χ1v) is 7.12. The van der Waals surface area contributed by atoms with Crippen LogP contribution in [-0.4, -0.2) is 10.9 Å². The van der Waals surface area contributed by atoms with E-state index in [1.807, 2.05) is 42.5 Å². The van der Waals surface area contributed by atoms with Crippen molar-refractivity contribution in [3.63, 3.8) is 0 Å². The molecule has 0 saturated heterocycles. The van der Waals surface area contributed by atoms with Gasteiger partial charge in [-0.2, -0.15) is 0 Å². The van der Waals surface area contributed by atoms with Crippen molar-refractivity contribution in [3.05, 3.63) is 72.9 Å². The number of hydrogen-bond acceptors (Lipinski definition) is 2. The van der Waals surface area contributed by atoms with Gasteiger partial charge in [-0.25, -0.2) is 0 Å². The summed E-state index contributed by atoms with van der Waals surface area (Å²) < 4.78 is 0. The molecule has 3 aromatic rings. The van der Waals surface area contributed by atoms with Gasteiger partial charge in [0, 0.05) is 24.4 Å². The van der Waals surface area contributed by atoms with Crippen molar-refractivity contribution in [3.8, 4) is 22.4 Å². The first-order valence-electron chi connectivity index (χ1n) is 7.12. The van der Waals surface area contributed by atoms with E-state index in [0.717, 1.165) is 28.1 Å². The van der Waals surface area contributed by atoms with Gasteiger partial charge < -0.3 is 5.32 Å². The van der Waals surface area contributed by atoms with Gasteiger partial charge in [0.1, 0.15) is 0 Å². The largest absolute Gasteiger partial charge is 0.326 e. The normalized spacial score (nSPS) is 10.2. The first kappa shape index (κ1) is 14.0. The minimum Gasteiger partial charge on any atom is -0.326 e. The van der Waals surface area contributed by atoms with Gasteiger partial charge in [-0.1, -0.05) is 42.5 Å². The molecule has 0 aliphatic carbocycles. The number of nitrogens with zero attached hydrogens (tertiary/aromatic N) is 1. The smallest absolute Gasteiger partial charge is 0.221 e. The number of rotatable bonds is 3. The van der Waals surface area contributed by atoms with E-state index < -0.39 is 0 Å². The maximum absolute atomic E-state index is 11.0. The van der Waals surface area contributed by atoms with Crippen molar-refractivity contribution in [1.82, 2.24) is 4.98 Å². The molecule has 1 N–H and O–H groups in total. The van der Waals surface area contributed by atoms with Crippen molar-refractivity contribution in [1.29, 1.82) is 0 Å².